The molecule has 26 heavy (non-hydrogen) atoms. The highest BCUT2D eigenvalue weighted by Gasteiger charge is 2.27. The molecule has 8 heteroatoms. The summed E-state index contributed by atoms with van der Waals surface area (Å²) in [5.74, 6) is -1.40. The van der Waals surface area contributed by atoms with Crippen LogP contribution < -0.4 is 0 Å². The Labute approximate surface area is 152 Å². The normalized spacial score (nSPS) is 11.9. The second-order valence-corrected chi connectivity index (χ2v) is 6.01. The van der Waals surface area contributed by atoms with Gasteiger partial charge >= 0.3 is 5.97 Å². The van der Waals surface area contributed by atoms with Crippen LogP contribution in [-0.2, 0) is 4.74 Å². The third kappa shape index (κ3) is 3.29. The molecule has 0 amide bonds. The first-order chi connectivity index (χ1) is 12.4. The van der Waals surface area contributed by atoms with Crippen LogP contribution in [0.2, 0.25) is 5.02 Å². The number of benzene rings is 2. The molecule has 0 aliphatic heterocycles. The van der Waals surface area contributed by atoms with Crippen molar-refractivity contribution >= 4 is 39.9 Å². The first-order valence-corrected chi connectivity index (χ1v) is 8.01. The van der Waals surface area contributed by atoms with Crippen LogP contribution >= 0.6 is 11.6 Å². The Morgan fingerprint density at radius 3 is 2.65 bits per heavy atom. The highest BCUT2D eigenvalue weighted by atomic mass is 35.5. The zero-order chi connectivity index (χ0) is 18.8. The van der Waals surface area contributed by atoms with Crippen molar-refractivity contribution in [2.24, 2.45) is 0 Å². The highest BCUT2D eigenvalue weighted by molar-refractivity contribution is 6.31. The summed E-state index contributed by atoms with van der Waals surface area (Å²) in [5.41, 5.74) is 0.411. The van der Waals surface area contributed by atoms with Crippen molar-refractivity contribution in [1.82, 2.24) is 4.98 Å². The number of ketones is 1. The highest BCUT2D eigenvalue weighted by Crippen LogP contribution is 2.25. The van der Waals surface area contributed by atoms with Crippen LogP contribution in [0.3, 0.4) is 0 Å². The van der Waals surface area contributed by atoms with E-state index in [0.717, 1.165) is 17.6 Å². The molecule has 7 nitrogen and oxygen atoms in total. The maximum Gasteiger partial charge on any atom is 0.345 e. The summed E-state index contributed by atoms with van der Waals surface area (Å²) in [5, 5.41) is 11.9. The van der Waals surface area contributed by atoms with Crippen LogP contribution in [0, 0.1) is 10.1 Å². The van der Waals surface area contributed by atoms with Crippen molar-refractivity contribution in [3.05, 3.63) is 74.9 Å². The lowest BCUT2D eigenvalue weighted by atomic mass is 10.1. The summed E-state index contributed by atoms with van der Waals surface area (Å²) in [6.45, 7) is 1.42. The maximum absolute atomic E-state index is 12.6. The fourth-order valence-corrected chi connectivity index (χ4v) is 2.77. The minimum absolute atomic E-state index is 0.151. The van der Waals surface area contributed by atoms with E-state index in [1.54, 1.807) is 18.3 Å². The van der Waals surface area contributed by atoms with Gasteiger partial charge in [-0.15, -0.1) is 0 Å². The van der Waals surface area contributed by atoms with Crippen molar-refractivity contribution in [2.75, 3.05) is 0 Å². The number of ether oxygens (including phenoxy) is 1. The molecule has 3 rings (SSSR count). The fraction of sp³-hybridized carbons (Fsp3) is 0.111. The molecule has 0 aliphatic carbocycles. The number of rotatable bonds is 5. The number of nitro groups is 1. The lowest BCUT2D eigenvalue weighted by molar-refractivity contribution is -0.385. The number of aromatic amines is 1. The van der Waals surface area contributed by atoms with Crippen LogP contribution in [0.1, 0.15) is 27.6 Å². The number of halogens is 1. The van der Waals surface area contributed by atoms with Crippen molar-refractivity contribution in [3.8, 4) is 0 Å². The first-order valence-electron chi connectivity index (χ1n) is 7.63. The Morgan fingerprint density at radius 1 is 1.19 bits per heavy atom. The van der Waals surface area contributed by atoms with Gasteiger partial charge < -0.3 is 9.72 Å². The van der Waals surface area contributed by atoms with Crippen LogP contribution in [-0.4, -0.2) is 27.8 Å². The summed E-state index contributed by atoms with van der Waals surface area (Å²) in [6.07, 6.45) is 0.416. The number of carbonyl (C=O) groups is 2. The van der Waals surface area contributed by atoms with Gasteiger partial charge in [-0.05, 0) is 25.1 Å². The number of hydrogen-bond acceptors (Lipinski definition) is 5. The molecule has 0 saturated carbocycles. The molecule has 132 valence electrons. The number of carbonyl (C=O) groups excluding carboxylic acids is 2. The van der Waals surface area contributed by atoms with Gasteiger partial charge in [-0.3, -0.25) is 14.9 Å². The standard InChI is InChI=1S/C18H13ClN2O5/c1-10(17(22)14-9-20-15-5-3-2-4-12(14)15)26-18(23)13-8-11(19)6-7-16(13)21(24)25/h2-10,20H,1H3/t10-/m1/s1. The molecule has 3 aromatic rings. The maximum atomic E-state index is 12.6. The number of nitro benzene ring substituents is 1. The first kappa shape index (κ1) is 17.6. The van der Waals surface area contributed by atoms with E-state index in [9.17, 15) is 19.7 Å². The molecule has 1 aromatic heterocycles. The van der Waals surface area contributed by atoms with E-state index in [0.29, 0.717) is 10.9 Å². The molecule has 0 fully saturated rings. The number of Topliss-reactive ketones (excluding diaryl/α,β-unsaturated/α-hetero) is 1. The third-order valence-corrected chi connectivity index (χ3v) is 4.12. The number of para-hydroxylation sites is 1. The lowest BCUT2D eigenvalue weighted by Crippen LogP contribution is -2.24. The Bertz CT molecular complexity index is 1030. The Kier molecular flexibility index (Phi) is 4.73. The molecule has 0 radical (unpaired) electrons. The van der Waals surface area contributed by atoms with Gasteiger partial charge in [0, 0.05) is 33.8 Å². The van der Waals surface area contributed by atoms with Crippen LogP contribution in [0.5, 0.6) is 0 Å². The number of aromatic nitrogens is 1. The molecule has 0 spiro atoms. The van der Waals surface area contributed by atoms with Crippen LogP contribution in [0.25, 0.3) is 10.9 Å². The number of esters is 1. The molecule has 2 aromatic carbocycles. The van der Waals surface area contributed by atoms with Crippen molar-refractivity contribution in [2.45, 2.75) is 13.0 Å². The van der Waals surface area contributed by atoms with Gasteiger partial charge in [-0.1, -0.05) is 29.8 Å². The smallest absolute Gasteiger partial charge is 0.345 e. The topological polar surface area (TPSA) is 102 Å². The molecule has 1 N–H and O–H groups in total. The lowest BCUT2D eigenvalue weighted by Gasteiger charge is -2.12. The largest absolute Gasteiger partial charge is 0.450 e. The molecule has 0 bridgehead atoms. The molecular weight excluding hydrogens is 360 g/mol. The zero-order valence-corrected chi connectivity index (χ0v) is 14.3. The van der Waals surface area contributed by atoms with E-state index < -0.39 is 28.5 Å². The van der Waals surface area contributed by atoms with Gasteiger partial charge in [0.05, 0.1) is 4.92 Å². The Morgan fingerprint density at radius 2 is 1.92 bits per heavy atom. The summed E-state index contributed by atoms with van der Waals surface area (Å²) in [4.78, 5) is 38.3. The predicted molar refractivity (Wildman–Crippen MR) is 95.6 cm³/mol. The number of H-pyrrole nitrogens is 1. The second-order valence-electron chi connectivity index (χ2n) is 5.58. The second kappa shape index (κ2) is 6.97. The van der Waals surface area contributed by atoms with Crippen LogP contribution in [0.15, 0.2) is 48.7 Å². The van der Waals surface area contributed by atoms with E-state index in [1.807, 2.05) is 12.1 Å². The van der Waals surface area contributed by atoms with E-state index in [4.69, 9.17) is 16.3 Å². The summed E-state index contributed by atoms with van der Waals surface area (Å²) >= 11 is 5.81. The average Bonchev–Trinajstić information content (AvgIpc) is 3.04. The summed E-state index contributed by atoms with van der Waals surface area (Å²) in [7, 11) is 0. The van der Waals surface area contributed by atoms with E-state index >= 15 is 0 Å². The summed E-state index contributed by atoms with van der Waals surface area (Å²) < 4.78 is 5.15. The van der Waals surface area contributed by atoms with Gasteiger partial charge in [0.25, 0.3) is 5.69 Å². The average molecular weight is 373 g/mol. The zero-order valence-electron chi connectivity index (χ0n) is 13.6. The minimum atomic E-state index is -1.12. The van der Waals surface area contributed by atoms with E-state index in [-0.39, 0.29) is 10.6 Å². The third-order valence-electron chi connectivity index (χ3n) is 3.88. The van der Waals surface area contributed by atoms with E-state index in [1.165, 1.54) is 13.0 Å². The number of nitrogens with one attached hydrogen (secondary N) is 1. The van der Waals surface area contributed by atoms with Gasteiger partial charge in [0.2, 0.25) is 5.78 Å². The Balaban J connectivity index is 1.85. The number of hydrogen-bond donors (Lipinski definition) is 1. The van der Waals surface area contributed by atoms with Gasteiger partial charge in [0.1, 0.15) is 5.56 Å². The van der Waals surface area contributed by atoms with E-state index in [2.05, 4.69) is 4.98 Å². The quantitative estimate of drug-likeness (QED) is 0.313. The molecule has 1 atom stereocenters. The van der Waals surface area contributed by atoms with Crippen molar-refractivity contribution < 1.29 is 19.2 Å². The van der Waals surface area contributed by atoms with Crippen LogP contribution in [0.4, 0.5) is 5.69 Å². The fourth-order valence-electron chi connectivity index (χ4n) is 2.60. The molecule has 0 saturated heterocycles. The number of nitrogens with zero attached hydrogens (tertiary/aromatic N) is 1. The summed E-state index contributed by atoms with van der Waals surface area (Å²) in [6, 6.07) is 10.8. The monoisotopic (exact) mass is 372 g/mol. The van der Waals surface area contributed by atoms with Gasteiger partial charge in [0.15, 0.2) is 6.10 Å². The molecular formula is C18H13ClN2O5. The predicted octanol–water partition coefficient (Wildman–Crippen LogP) is 4.16. The number of fused-ring (bicyclic) bond motifs is 1. The van der Waals surface area contributed by atoms with Crippen molar-refractivity contribution in [3.63, 3.8) is 0 Å². The minimum Gasteiger partial charge on any atom is -0.450 e. The SMILES string of the molecule is C[C@@H](OC(=O)c1cc(Cl)ccc1[N+](=O)[O-])C(=O)c1c[nH]c2ccccc12. The molecule has 0 unspecified atom stereocenters. The van der Waals surface area contributed by atoms with Gasteiger partial charge in [-0.2, -0.15) is 0 Å². The van der Waals surface area contributed by atoms with Crippen molar-refractivity contribution in [1.29, 1.82) is 0 Å². The Hall–Kier alpha value is -3.19. The molecule has 1 heterocycles. The van der Waals surface area contributed by atoms with Gasteiger partial charge in [-0.25, -0.2) is 4.79 Å². The molecule has 0 aliphatic rings.